The molecule has 1 aromatic carbocycles. The van der Waals surface area contributed by atoms with Gasteiger partial charge in [-0.2, -0.15) is 5.10 Å². The predicted octanol–water partition coefficient (Wildman–Crippen LogP) is 2.47. The van der Waals surface area contributed by atoms with Crippen molar-refractivity contribution in [1.29, 1.82) is 0 Å². The Labute approximate surface area is 149 Å². The molecular weight excluding hydrogens is 314 g/mol. The van der Waals surface area contributed by atoms with E-state index in [0.717, 1.165) is 31.6 Å². The highest BCUT2D eigenvalue weighted by Gasteiger charge is 2.22. The zero-order valence-electron chi connectivity index (χ0n) is 15.1. The van der Waals surface area contributed by atoms with Gasteiger partial charge in [0, 0.05) is 25.0 Å². The predicted molar refractivity (Wildman–Crippen MR) is 97.4 cm³/mol. The monoisotopic (exact) mass is 341 g/mol. The van der Waals surface area contributed by atoms with Crippen molar-refractivity contribution in [2.75, 3.05) is 26.7 Å². The number of rotatable bonds is 7. The first-order valence-electron chi connectivity index (χ1n) is 8.99. The number of methoxy groups -OCH3 is 1. The quantitative estimate of drug-likeness (QED) is 0.726. The van der Waals surface area contributed by atoms with E-state index in [1.807, 2.05) is 18.3 Å². The molecule has 1 unspecified atom stereocenters. The third-order valence-electron chi connectivity index (χ3n) is 5.05. The SMILES string of the molecule is COC(=O)Cc1ccc(CC2CCN(CCn3nccc3C)C2)cc1. The van der Waals surface area contributed by atoms with E-state index < -0.39 is 0 Å². The van der Waals surface area contributed by atoms with E-state index in [-0.39, 0.29) is 5.97 Å². The lowest BCUT2D eigenvalue weighted by molar-refractivity contribution is -0.139. The molecule has 2 heterocycles. The van der Waals surface area contributed by atoms with Crippen molar-refractivity contribution in [2.45, 2.75) is 32.7 Å². The number of hydrogen-bond acceptors (Lipinski definition) is 4. The second kappa shape index (κ2) is 8.30. The molecule has 25 heavy (non-hydrogen) atoms. The fraction of sp³-hybridized carbons (Fsp3) is 0.500. The molecule has 0 saturated carbocycles. The summed E-state index contributed by atoms with van der Waals surface area (Å²) in [5.74, 6) is 0.525. The van der Waals surface area contributed by atoms with Gasteiger partial charge in [0.15, 0.2) is 0 Å². The molecule has 0 amide bonds. The van der Waals surface area contributed by atoms with Crippen molar-refractivity contribution in [2.24, 2.45) is 5.92 Å². The summed E-state index contributed by atoms with van der Waals surface area (Å²) in [5, 5.41) is 4.36. The van der Waals surface area contributed by atoms with Crippen molar-refractivity contribution in [1.82, 2.24) is 14.7 Å². The van der Waals surface area contributed by atoms with Gasteiger partial charge in [-0.3, -0.25) is 9.48 Å². The van der Waals surface area contributed by atoms with E-state index in [1.165, 1.54) is 31.3 Å². The Kier molecular flexibility index (Phi) is 5.87. The van der Waals surface area contributed by atoms with Crippen LogP contribution in [0.2, 0.25) is 0 Å². The molecule has 5 heteroatoms. The Hall–Kier alpha value is -2.14. The number of likely N-dealkylation sites (tertiary alicyclic amines) is 1. The summed E-state index contributed by atoms with van der Waals surface area (Å²) in [4.78, 5) is 13.9. The minimum atomic E-state index is -0.188. The lowest BCUT2D eigenvalue weighted by Gasteiger charge is -2.16. The molecule has 1 saturated heterocycles. The summed E-state index contributed by atoms with van der Waals surface area (Å²) in [6.07, 6.45) is 4.57. The largest absolute Gasteiger partial charge is 0.469 e. The highest BCUT2D eigenvalue weighted by Crippen LogP contribution is 2.21. The Morgan fingerprint density at radius 3 is 2.64 bits per heavy atom. The van der Waals surface area contributed by atoms with Crippen LogP contribution in [0.3, 0.4) is 0 Å². The zero-order chi connectivity index (χ0) is 17.6. The van der Waals surface area contributed by atoms with Gasteiger partial charge in [0.2, 0.25) is 0 Å². The second-order valence-electron chi connectivity index (χ2n) is 6.92. The minimum Gasteiger partial charge on any atom is -0.469 e. The summed E-state index contributed by atoms with van der Waals surface area (Å²) in [5.41, 5.74) is 3.59. The molecule has 1 fully saturated rings. The molecule has 134 valence electrons. The number of hydrogen-bond donors (Lipinski definition) is 0. The standard InChI is InChI=1S/C20H27N3O2/c1-16-7-9-21-23(16)12-11-22-10-8-19(15-22)13-17-3-5-18(6-4-17)14-20(24)25-2/h3-7,9,19H,8,10-15H2,1-2H3. The number of carbonyl (C=O) groups is 1. The summed E-state index contributed by atoms with van der Waals surface area (Å²) in [6.45, 7) is 6.46. The van der Waals surface area contributed by atoms with Crippen LogP contribution in [0.5, 0.6) is 0 Å². The van der Waals surface area contributed by atoms with Crippen LogP contribution >= 0.6 is 0 Å². The maximum absolute atomic E-state index is 11.3. The first-order chi connectivity index (χ1) is 12.1. The van der Waals surface area contributed by atoms with Crippen LogP contribution in [0.1, 0.15) is 23.2 Å². The van der Waals surface area contributed by atoms with Gasteiger partial charge in [-0.05, 0) is 49.4 Å². The lowest BCUT2D eigenvalue weighted by atomic mass is 9.97. The lowest BCUT2D eigenvalue weighted by Crippen LogP contribution is -2.26. The number of carbonyl (C=O) groups excluding carboxylic acids is 1. The number of aryl methyl sites for hydroxylation is 1. The molecule has 2 aromatic rings. The van der Waals surface area contributed by atoms with Crippen LogP contribution in [0.25, 0.3) is 0 Å². The number of nitrogens with zero attached hydrogens (tertiary/aromatic N) is 3. The number of aromatic nitrogens is 2. The molecule has 1 aromatic heterocycles. The Balaban J connectivity index is 1.44. The van der Waals surface area contributed by atoms with E-state index in [0.29, 0.717) is 12.3 Å². The third-order valence-corrected chi connectivity index (χ3v) is 5.05. The van der Waals surface area contributed by atoms with Gasteiger partial charge < -0.3 is 9.64 Å². The summed E-state index contributed by atoms with van der Waals surface area (Å²) in [6, 6.07) is 10.4. The fourth-order valence-corrected chi connectivity index (χ4v) is 3.52. The second-order valence-corrected chi connectivity index (χ2v) is 6.92. The van der Waals surface area contributed by atoms with Gasteiger partial charge in [0.25, 0.3) is 0 Å². The van der Waals surface area contributed by atoms with Gasteiger partial charge in [0.05, 0.1) is 20.1 Å². The number of ether oxygens (including phenoxy) is 1. The van der Waals surface area contributed by atoms with E-state index in [4.69, 9.17) is 4.74 Å². The highest BCUT2D eigenvalue weighted by molar-refractivity contribution is 5.72. The van der Waals surface area contributed by atoms with Crippen LogP contribution in [0.15, 0.2) is 36.5 Å². The van der Waals surface area contributed by atoms with Crippen LogP contribution in [-0.4, -0.2) is 47.4 Å². The van der Waals surface area contributed by atoms with Crippen LogP contribution < -0.4 is 0 Å². The first-order valence-corrected chi connectivity index (χ1v) is 8.99. The molecule has 0 radical (unpaired) electrons. The van der Waals surface area contributed by atoms with Crippen molar-refractivity contribution in [3.8, 4) is 0 Å². The molecule has 0 aliphatic carbocycles. The Morgan fingerprint density at radius 2 is 1.96 bits per heavy atom. The average molecular weight is 341 g/mol. The third kappa shape index (κ3) is 4.92. The fourth-order valence-electron chi connectivity index (χ4n) is 3.52. The molecule has 0 bridgehead atoms. The van der Waals surface area contributed by atoms with Gasteiger partial charge in [0.1, 0.15) is 0 Å². The van der Waals surface area contributed by atoms with Crippen LogP contribution in [0.4, 0.5) is 0 Å². The van der Waals surface area contributed by atoms with Crippen LogP contribution in [-0.2, 0) is 28.9 Å². The molecule has 0 spiro atoms. The minimum absolute atomic E-state index is 0.188. The number of benzene rings is 1. The van der Waals surface area contributed by atoms with Gasteiger partial charge in [-0.15, -0.1) is 0 Å². The van der Waals surface area contributed by atoms with E-state index in [1.54, 1.807) is 0 Å². The zero-order valence-corrected chi connectivity index (χ0v) is 15.1. The van der Waals surface area contributed by atoms with Gasteiger partial charge in [-0.1, -0.05) is 24.3 Å². The number of esters is 1. The molecule has 1 atom stereocenters. The normalized spacial score (nSPS) is 17.8. The Bertz CT molecular complexity index is 693. The summed E-state index contributed by atoms with van der Waals surface area (Å²) < 4.78 is 6.79. The van der Waals surface area contributed by atoms with Crippen LogP contribution in [0, 0.1) is 12.8 Å². The molecular formula is C20H27N3O2. The molecule has 1 aliphatic rings. The molecule has 0 N–H and O–H groups in total. The van der Waals surface area contributed by atoms with Crippen molar-refractivity contribution >= 4 is 5.97 Å². The van der Waals surface area contributed by atoms with Crippen molar-refractivity contribution in [3.63, 3.8) is 0 Å². The van der Waals surface area contributed by atoms with E-state index in [2.05, 4.69) is 39.8 Å². The molecule has 5 nitrogen and oxygen atoms in total. The Morgan fingerprint density at radius 1 is 1.20 bits per heavy atom. The van der Waals surface area contributed by atoms with E-state index in [9.17, 15) is 4.79 Å². The topological polar surface area (TPSA) is 47.4 Å². The summed E-state index contributed by atoms with van der Waals surface area (Å²) in [7, 11) is 1.43. The summed E-state index contributed by atoms with van der Waals surface area (Å²) >= 11 is 0. The van der Waals surface area contributed by atoms with Crippen molar-refractivity contribution in [3.05, 3.63) is 53.3 Å². The van der Waals surface area contributed by atoms with E-state index >= 15 is 0 Å². The van der Waals surface area contributed by atoms with Gasteiger partial charge >= 0.3 is 5.97 Å². The van der Waals surface area contributed by atoms with Crippen molar-refractivity contribution < 1.29 is 9.53 Å². The average Bonchev–Trinajstić information content (AvgIpc) is 3.23. The van der Waals surface area contributed by atoms with Gasteiger partial charge in [-0.25, -0.2) is 0 Å². The molecule has 3 rings (SSSR count). The smallest absolute Gasteiger partial charge is 0.309 e. The maximum atomic E-state index is 11.3. The molecule has 1 aliphatic heterocycles. The highest BCUT2D eigenvalue weighted by atomic mass is 16.5. The first kappa shape index (κ1) is 17.7. The maximum Gasteiger partial charge on any atom is 0.309 e.